The van der Waals surface area contributed by atoms with Gasteiger partial charge in [0.2, 0.25) is 5.91 Å². The van der Waals surface area contributed by atoms with Crippen molar-refractivity contribution in [2.45, 2.75) is 30.5 Å². The van der Waals surface area contributed by atoms with Crippen molar-refractivity contribution < 1.29 is 9.53 Å². The highest BCUT2D eigenvalue weighted by molar-refractivity contribution is 7.99. The highest BCUT2D eigenvalue weighted by atomic mass is 35.5. The predicted molar refractivity (Wildman–Crippen MR) is 118 cm³/mol. The van der Waals surface area contributed by atoms with Gasteiger partial charge in [0.05, 0.1) is 11.9 Å². The number of thioether (sulfide) groups is 1. The Morgan fingerprint density at radius 1 is 1.17 bits per heavy atom. The van der Waals surface area contributed by atoms with E-state index in [1.165, 1.54) is 11.8 Å². The maximum Gasteiger partial charge on any atom is 0.230 e. The number of nitrogens with zero attached hydrogens (tertiary/aromatic N) is 3. The van der Waals surface area contributed by atoms with Crippen molar-refractivity contribution in [3.63, 3.8) is 0 Å². The number of carbonyl (C=O) groups is 1. The number of benzene rings is 2. The van der Waals surface area contributed by atoms with E-state index in [4.69, 9.17) is 16.3 Å². The Labute approximate surface area is 185 Å². The Balaban J connectivity index is 1.48. The third-order valence-electron chi connectivity index (χ3n) is 4.87. The van der Waals surface area contributed by atoms with Crippen LogP contribution in [0.5, 0.6) is 0 Å². The predicted octanol–water partition coefficient (Wildman–Crippen LogP) is 3.90. The second-order valence-electron chi connectivity index (χ2n) is 7.10. The van der Waals surface area contributed by atoms with Crippen molar-refractivity contribution in [1.29, 1.82) is 0 Å². The van der Waals surface area contributed by atoms with Gasteiger partial charge in [0.15, 0.2) is 5.16 Å². The molecular weight excluding hydrogens is 420 g/mol. The van der Waals surface area contributed by atoms with Crippen molar-refractivity contribution in [1.82, 2.24) is 20.1 Å². The number of halogens is 1. The summed E-state index contributed by atoms with van der Waals surface area (Å²) in [7, 11) is 0. The summed E-state index contributed by atoms with van der Waals surface area (Å²) >= 11 is 7.44. The summed E-state index contributed by atoms with van der Waals surface area (Å²) in [6, 6.07) is 17.7. The van der Waals surface area contributed by atoms with E-state index in [0.717, 1.165) is 36.5 Å². The number of carbonyl (C=O) groups excluding carboxylic acids is 1. The molecule has 156 valence electrons. The van der Waals surface area contributed by atoms with Crippen molar-refractivity contribution >= 4 is 29.3 Å². The van der Waals surface area contributed by atoms with E-state index in [0.29, 0.717) is 23.1 Å². The van der Waals surface area contributed by atoms with Gasteiger partial charge in [-0.3, -0.25) is 9.36 Å². The van der Waals surface area contributed by atoms with Crippen molar-refractivity contribution in [3.8, 4) is 5.69 Å². The topological polar surface area (TPSA) is 69.0 Å². The fraction of sp³-hybridized carbons (Fsp3) is 0.318. The van der Waals surface area contributed by atoms with Gasteiger partial charge in [-0.25, -0.2) is 0 Å². The molecule has 2 heterocycles. The summed E-state index contributed by atoms with van der Waals surface area (Å²) in [5.74, 6) is 1.04. The fourth-order valence-electron chi connectivity index (χ4n) is 3.35. The van der Waals surface area contributed by atoms with Gasteiger partial charge in [-0.05, 0) is 42.7 Å². The van der Waals surface area contributed by atoms with E-state index in [1.54, 1.807) is 0 Å². The van der Waals surface area contributed by atoms with Crippen molar-refractivity contribution in [2.24, 2.45) is 0 Å². The zero-order valence-electron chi connectivity index (χ0n) is 16.5. The average Bonchev–Trinajstić information content (AvgIpc) is 3.42. The Hall–Kier alpha value is -2.35. The molecule has 0 unspecified atom stereocenters. The normalized spacial score (nSPS) is 16.0. The van der Waals surface area contributed by atoms with Gasteiger partial charge in [-0.2, -0.15) is 0 Å². The molecular formula is C22H23ClN4O2S. The lowest BCUT2D eigenvalue weighted by molar-refractivity contribution is -0.119. The molecule has 8 heteroatoms. The maximum atomic E-state index is 12.3. The molecule has 2 aromatic carbocycles. The van der Waals surface area contributed by atoms with Crippen LogP contribution in [0.1, 0.15) is 24.2 Å². The minimum atomic E-state index is -0.0363. The Morgan fingerprint density at radius 3 is 2.70 bits per heavy atom. The molecule has 30 heavy (non-hydrogen) atoms. The summed E-state index contributed by atoms with van der Waals surface area (Å²) in [6.45, 7) is 1.34. The van der Waals surface area contributed by atoms with Crippen LogP contribution in [-0.2, 0) is 16.0 Å². The number of amides is 1. The highest BCUT2D eigenvalue weighted by Crippen LogP contribution is 2.24. The highest BCUT2D eigenvalue weighted by Gasteiger charge is 2.18. The zero-order valence-corrected chi connectivity index (χ0v) is 18.0. The minimum absolute atomic E-state index is 0.0363. The molecule has 1 aliphatic rings. The quantitative estimate of drug-likeness (QED) is 0.536. The first-order valence-electron chi connectivity index (χ1n) is 9.94. The van der Waals surface area contributed by atoms with Crippen molar-refractivity contribution in [3.05, 3.63) is 71.0 Å². The zero-order chi connectivity index (χ0) is 20.8. The van der Waals surface area contributed by atoms with E-state index < -0.39 is 0 Å². The van der Waals surface area contributed by atoms with Crippen LogP contribution in [0, 0.1) is 0 Å². The minimum Gasteiger partial charge on any atom is -0.376 e. The molecule has 0 radical (unpaired) electrons. The molecule has 1 aromatic heterocycles. The molecule has 1 N–H and O–H groups in total. The van der Waals surface area contributed by atoms with Crippen LogP contribution >= 0.6 is 23.4 Å². The van der Waals surface area contributed by atoms with Gasteiger partial charge in [-0.15, -0.1) is 10.2 Å². The number of rotatable bonds is 8. The number of aromatic nitrogens is 3. The average molecular weight is 443 g/mol. The van der Waals surface area contributed by atoms with E-state index in [9.17, 15) is 4.79 Å². The Morgan fingerprint density at radius 2 is 1.97 bits per heavy atom. The summed E-state index contributed by atoms with van der Waals surface area (Å²) < 4.78 is 7.54. The Kier molecular flexibility index (Phi) is 7.04. The molecule has 0 spiro atoms. The smallest absolute Gasteiger partial charge is 0.230 e. The van der Waals surface area contributed by atoms with E-state index in [-0.39, 0.29) is 17.8 Å². The largest absolute Gasteiger partial charge is 0.376 e. The standard InChI is InChI=1S/C22H23ClN4O2S/c23-17-8-10-18(11-9-17)27-20(13-16-5-2-1-3-6-16)25-26-22(27)30-15-21(28)24-14-19-7-4-12-29-19/h1-3,5-6,8-11,19H,4,7,12-15H2,(H,24,28)/t19-/m0/s1. The van der Waals surface area contributed by atoms with Crippen LogP contribution in [-0.4, -0.2) is 45.7 Å². The first kappa shape index (κ1) is 20.9. The van der Waals surface area contributed by atoms with Crippen LogP contribution in [0.3, 0.4) is 0 Å². The lowest BCUT2D eigenvalue weighted by atomic mass is 10.1. The molecule has 0 saturated carbocycles. The molecule has 1 aliphatic heterocycles. The van der Waals surface area contributed by atoms with E-state index in [2.05, 4.69) is 27.6 Å². The molecule has 3 aromatic rings. The van der Waals surface area contributed by atoms with Crippen LogP contribution in [0.15, 0.2) is 59.8 Å². The van der Waals surface area contributed by atoms with Crippen LogP contribution in [0.2, 0.25) is 5.02 Å². The van der Waals surface area contributed by atoms with Crippen molar-refractivity contribution in [2.75, 3.05) is 18.9 Å². The van der Waals surface area contributed by atoms with Gasteiger partial charge in [0.25, 0.3) is 0 Å². The maximum absolute atomic E-state index is 12.3. The van der Waals surface area contributed by atoms with Gasteiger partial charge in [-0.1, -0.05) is 53.7 Å². The molecule has 0 aliphatic carbocycles. The van der Waals surface area contributed by atoms with E-state index in [1.807, 2.05) is 47.0 Å². The lowest BCUT2D eigenvalue weighted by Crippen LogP contribution is -2.32. The monoisotopic (exact) mass is 442 g/mol. The summed E-state index contributed by atoms with van der Waals surface area (Å²) in [5, 5.41) is 13.1. The van der Waals surface area contributed by atoms with Gasteiger partial charge in [0.1, 0.15) is 5.82 Å². The number of nitrogens with one attached hydrogen (secondary N) is 1. The van der Waals surface area contributed by atoms with Crippen LogP contribution in [0.25, 0.3) is 5.69 Å². The summed E-state index contributed by atoms with van der Waals surface area (Å²) in [5.41, 5.74) is 2.06. The molecule has 1 fully saturated rings. The Bertz CT molecular complexity index is 973. The second kappa shape index (κ2) is 10.1. The van der Waals surface area contributed by atoms with Gasteiger partial charge >= 0.3 is 0 Å². The summed E-state index contributed by atoms with van der Waals surface area (Å²) in [4.78, 5) is 12.3. The SMILES string of the molecule is O=C(CSc1nnc(Cc2ccccc2)n1-c1ccc(Cl)cc1)NC[C@@H]1CCCO1. The third-order valence-corrected chi connectivity index (χ3v) is 6.05. The first-order valence-corrected chi connectivity index (χ1v) is 11.3. The van der Waals surface area contributed by atoms with Gasteiger partial charge < -0.3 is 10.1 Å². The molecule has 6 nitrogen and oxygen atoms in total. The van der Waals surface area contributed by atoms with E-state index >= 15 is 0 Å². The van der Waals surface area contributed by atoms with Crippen LogP contribution < -0.4 is 5.32 Å². The van der Waals surface area contributed by atoms with Crippen LogP contribution in [0.4, 0.5) is 0 Å². The first-order chi connectivity index (χ1) is 14.7. The van der Waals surface area contributed by atoms with Gasteiger partial charge in [0, 0.05) is 30.3 Å². The molecule has 1 amide bonds. The number of hydrogen-bond acceptors (Lipinski definition) is 5. The molecule has 1 atom stereocenters. The lowest BCUT2D eigenvalue weighted by Gasteiger charge is -2.12. The number of ether oxygens (including phenoxy) is 1. The summed E-state index contributed by atoms with van der Waals surface area (Å²) in [6.07, 6.45) is 2.83. The molecule has 1 saturated heterocycles. The fourth-order valence-corrected chi connectivity index (χ4v) is 4.28. The molecule has 0 bridgehead atoms. The molecule has 4 rings (SSSR count). The third kappa shape index (κ3) is 5.41. The number of hydrogen-bond donors (Lipinski definition) is 1. The second-order valence-corrected chi connectivity index (χ2v) is 8.48.